The van der Waals surface area contributed by atoms with Crippen LogP contribution in [0.2, 0.25) is 0 Å². The first-order chi connectivity index (χ1) is 8.06. The van der Waals surface area contributed by atoms with E-state index in [1.54, 1.807) is 20.8 Å². The second-order valence-corrected chi connectivity index (χ2v) is 4.63. The Morgan fingerprint density at radius 1 is 1.00 bits per heavy atom. The maximum Gasteiger partial charge on any atom is 0.399 e. The summed E-state index contributed by atoms with van der Waals surface area (Å²) in [7, 11) is 0. The fourth-order valence-electron chi connectivity index (χ4n) is 0.910. The van der Waals surface area contributed by atoms with Gasteiger partial charge in [-0.2, -0.15) is 13.2 Å². The highest BCUT2D eigenvalue weighted by Gasteiger charge is 2.33. The summed E-state index contributed by atoms with van der Waals surface area (Å²) in [5.41, 5.74) is -0.716. The van der Waals surface area contributed by atoms with Crippen LogP contribution < -0.4 is 0 Å². The molecule has 0 N–H and O–H groups in total. The number of ether oxygens (including phenoxy) is 2. The lowest BCUT2D eigenvalue weighted by Gasteiger charge is -2.23. The summed E-state index contributed by atoms with van der Waals surface area (Å²) < 4.78 is 44.9. The Hall–Kier alpha value is -1.27. The van der Waals surface area contributed by atoms with Gasteiger partial charge in [-0.25, -0.2) is 0 Å². The summed E-state index contributed by atoms with van der Waals surface area (Å²) in [5, 5.41) is 0. The minimum Gasteiger partial charge on any atom is -0.465 e. The van der Waals surface area contributed by atoms with Crippen molar-refractivity contribution in [1.29, 1.82) is 0 Å². The van der Waals surface area contributed by atoms with Gasteiger partial charge >= 0.3 is 18.1 Å². The molecular formula is C11H17F3O4. The molecular weight excluding hydrogens is 253 g/mol. The number of esters is 2. The van der Waals surface area contributed by atoms with Crippen molar-refractivity contribution in [2.45, 2.75) is 39.8 Å². The molecule has 0 aliphatic heterocycles. The zero-order chi connectivity index (χ0) is 14.4. The van der Waals surface area contributed by atoms with Gasteiger partial charge in [-0.05, 0) is 0 Å². The third-order valence-corrected chi connectivity index (χ3v) is 1.88. The fraction of sp³-hybridized carbons (Fsp3) is 0.818. The average Bonchev–Trinajstić information content (AvgIpc) is 2.21. The molecule has 18 heavy (non-hydrogen) atoms. The first-order valence-electron chi connectivity index (χ1n) is 5.44. The highest BCUT2D eigenvalue weighted by Crippen LogP contribution is 2.22. The van der Waals surface area contributed by atoms with Crippen LogP contribution in [0.25, 0.3) is 0 Å². The Bertz CT molecular complexity index is 297. The molecule has 0 aromatic heterocycles. The second kappa shape index (κ2) is 6.61. The first-order valence-corrected chi connectivity index (χ1v) is 5.44. The normalized spacial score (nSPS) is 12.1. The van der Waals surface area contributed by atoms with Gasteiger partial charge < -0.3 is 9.47 Å². The Balaban J connectivity index is 4.03. The van der Waals surface area contributed by atoms with Gasteiger partial charge in [0.2, 0.25) is 0 Å². The predicted molar refractivity (Wildman–Crippen MR) is 56.7 cm³/mol. The summed E-state index contributed by atoms with van der Waals surface area (Å²) in [4.78, 5) is 21.8. The SMILES string of the molecule is CCC(=O)OCC(C)(C)COC(=O)CC(F)(F)F. The maximum absolute atomic E-state index is 11.9. The van der Waals surface area contributed by atoms with Crippen molar-refractivity contribution < 1.29 is 32.2 Å². The molecule has 0 atom stereocenters. The summed E-state index contributed by atoms with van der Waals surface area (Å²) in [6, 6.07) is 0. The van der Waals surface area contributed by atoms with E-state index >= 15 is 0 Å². The summed E-state index contributed by atoms with van der Waals surface area (Å²) in [6.45, 7) is 4.62. The standard InChI is InChI=1S/C11H17F3O4/c1-4-8(15)17-6-10(2,3)7-18-9(16)5-11(12,13)14/h4-7H2,1-3H3. The van der Waals surface area contributed by atoms with Crippen LogP contribution in [0.3, 0.4) is 0 Å². The largest absolute Gasteiger partial charge is 0.465 e. The van der Waals surface area contributed by atoms with Crippen molar-refractivity contribution in [2.24, 2.45) is 5.41 Å². The molecule has 0 fully saturated rings. The van der Waals surface area contributed by atoms with Crippen LogP contribution in [0.5, 0.6) is 0 Å². The molecule has 7 heteroatoms. The Labute approximate surface area is 103 Å². The molecule has 0 saturated carbocycles. The maximum atomic E-state index is 11.9. The zero-order valence-electron chi connectivity index (χ0n) is 10.6. The van der Waals surface area contributed by atoms with E-state index in [1.807, 2.05) is 0 Å². The molecule has 4 nitrogen and oxygen atoms in total. The first kappa shape index (κ1) is 16.7. The topological polar surface area (TPSA) is 52.6 Å². The minimum atomic E-state index is -4.57. The number of carbonyl (C=O) groups excluding carboxylic acids is 2. The lowest BCUT2D eigenvalue weighted by Crippen LogP contribution is -2.29. The average molecular weight is 270 g/mol. The van der Waals surface area contributed by atoms with Gasteiger partial charge in [-0.15, -0.1) is 0 Å². The minimum absolute atomic E-state index is 0.0149. The highest BCUT2D eigenvalue weighted by atomic mass is 19.4. The lowest BCUT2D eigenvalue weighted by atomic mass is 9.96. The predicted octanol–water partition coefficient (Wildman–Crippen LogP) is 2.46. The van der Waals surface area contributed by atoms with E-state index in [9.17, 15) is 22.8 Å². The van der Waals surface area contributed by atoms with Gasteiger partial charge in [-0.3, -0.25) is 9.59 Å². The second-order valence-electron chi connectivity index (χ2n) is 4.63. The van der Waals surface area contributed by atoms with E-state index in [2.05, 4.69) is 4.74 Å². The van der Waals surface area contributed by atoms with Gasteiger partial charge in [-0.1, -0.05) is 20.8 Å². The van der Waals surface area contributed by atoms with E-state index in [-0.39, 0.29) is 19.6 Å². The van der Waals surface area contributed by atoms with Crippen molar-refractivity contribution in [3.05, 3.63) is 0 Å². The number of hydrogen-bond acceptors (Lipinski definition) is 4. The molecule has 0 amide bonds. The summed E-state index contributed by atoms with van der Waals surface area (Å²) in [6.07, 6.45) is -5.97. The van der Waals surface area contributed by atoms with Crippen molar-refractivity contribution in [3.8, 4) is 0 Å². The number of rotatable bonds is 6. The Morgan fingerprint density at radius 3 is 1.83 bits per heavy atom. The van der Waals surface area contributed by atoms with E-state index in [0.29, 0.717) is 0 Å². The fourth-order valence-corrected chi connectivity index (χ4v) is 0.910. The molecule has 0 saturated heterocycles. The van der Waals surface area contributed by atoms with Gasteiger partial charge in [0.15, 0.2) is 0 Å². The Morgan fingerprint density at radius 2 is 1.44 bits per heavy atom. The molecule has 0 radical (unpaired) electrons. The van der Waals surface area contributed by atoms with Crippen molar-refractivity contribution >= 4 is 11.9 Å². The van der Waals surface area contributed by atoms with Crippen LogP contribution in [-0.2, 0) is 19.1 Å². The lowest BCUT2D eigenvalue weighted by molar-refractivity contribution is -0.174. The van der Waals surface area contributed by atoms with Gasteiger partial charge in [0.1, 0.15) is 6.42 Å². The number of hydrogen-bond donors (Lipinski definition) is 0. The third kappa shape index (κ3) is 8.83. The molecule has 0 aliphatic carbocycles. The number of alkyl halides is 3. The van der Waals surface area contributed by atoms with Gasteiger partial charge in [0.05, 0.1) is 13.2 Å². The van der Waals surface area contributed by atoms with Crippen molar-refractivity contribution in [3.63, 3.8) is 0 Å². The number of halogens is 3. The monoisotopic (exact) mass is 270 g/mol. The van der Waals surface area contributed by atoms with Crippen LogP contribution in [-0.4, -0.2) is 31.3 Å². The smallest absolute Gasteiger partial charge is 0.399 e. The van der Waals surface area contributed by atoms with Crippen LogP contribution in [0, 0.1) is 5.41 Å². The molecule has 0 aromatic carbocycles. The Kier molecular flexibility index (Phi) is 6.14. The van der Waals surface area contributed by atoms with E-state index in [0.717, 1.165) is 0 Å². The van der Waals surface area contributed by atoms with Crippen molar-refractivity contribution in [1.82, 2.24) is 0 Å². The van der Waals surface area contributed by atoms with Crippen LogP contribution in [0.1, 0.15) is 33.6 Å². The quantitative estimate of drug-likeness (QED) is 0.696. The summed E-state index contributed by atoms with van der Waals surface area (Å²) in [5.74, 6) is -1.75. The molecule has 0 spiro atoms. The third-order valence-electron chi connectivity index (χ3n) is 1.88. The van der Waals surface area contributed by atoms with E-state index in [1.165, 1.54) is 0 Å². The molecule has 0 aliphatic rings. The molecule has 106 valence electrons. The molecule has 0 bridgehead atoms. The van der Waals surface area contributed by atoms with Gasteiger partial charge in [0, 0.05) is 11.8 Å². The molecule has 0 unspecified atom stereocenters. The van der Waals surface area contributed by atoms with Gasteiger partial charge in [0.25, 0.3) is 0 Å². The van der Waals surface area contributed by atoms with Crippen molar-refractivity contribution in [2.75, 3.05) is 13.2 Å². The highest BCUT2D eigenvalue weighted by molar-refractivity contribution is 5.70. The van der Waals surface area contributed by atoms with E-state index in [4.69, 9.17) is 4.74 Å². The van der Waals surface area contributed by atoms with Crippen LogP contribution in [0.15, 0.2) is 0 Å². The van der Waals surface area contributed by atoms with Crippen LogP contribution >= 0.6 is 0 Å². The molecule has 0 rings (SSSR count). The van der Waals surface area contributed by atoms with Crippen LogP contribution in [0.4, 0.5) is 13.2 Å². The summed E-state index contributed by atoms with van der Waals surface area (Å²) >= 11 is 0. The zero-order valence-corrected chi connectivity index (χ0v) is 10.6. The number of carbonyl (C=O) groups is 2. The molecule has 0 heterocycles. The molecule has 0 aromatic rings. The van der Waals surface area contributed by atoms with E-state index < -0.39 is 30.0 Å².